The van der Waals surface area contributed by atoms with E-state index in [-0.39, 0.29) is 12.5 Å². The fourth-order valence-corrected chi connectivity index (χ4v) is 1.39. The van der Waals surface area contributed by atoms with Gasteiger partial charge in [0.1, 0.15) is 6.54 Å². The summed E-state index contributed by atoms with van der Waals surface area (Å²) in [5, 5.41) is 9.83. The lowest BCUT2D eigenvalue weighted by Crippen LogP contribution is -2.18. The molecule has 0 amide bonds. The van der Waals surface area contributed by atoms with E-state index in [9.17, 15) is 4.79 Å². The molecule has 20 heavy (non-hydrogen) atoms. The first-order valence-electron chi connectivity index (χ1n) is 6.03. The summed E-state index contributed by atoms with van der Waals surface area (Å²) in [5.74, 6) is 0.622. The van der Waals surface area contributed by atoms with E-state index in [0.29, 0.717) is 18.4 Å². The molecule has 2 rings (SSSR count). The zero-order chi connectivity index (χ0) is 14.4. The number of rotatable bonds is 6. The van der Waals surface area contributed by atoms with Crippen molar-refractivity contribution in [2.75, 3.05) is 30.8 Å². The highest BCUT2D eigenvalue weighted by molar-refractivity contribution is 5.74. The van der Waals surface area contributed by atoms with Crippen LogP contribution < -0.4 is 10.6 Å². The number of carbonyl (C=O) groups is 1. The van der Waals surface area contributed by atoms with E-state index < -0.39 is 5.97 Å². The first-order valence-corrected chi connectivity index (χ1v) is 6.03. The first-order chi connectivity index (χ1) is 9.72. The molecule has 9 nitrogen and oxygen atoms in total. The van der Waals surface area contributed by atoms with E-state index in [1.165, 1.54) is 11.8 Å². The summed E-state index contributed by atoms with van der Waals surface area (Å²) in [7, 11) is 1.32. The summed E-state index contributed by atoms with van der Waals surface area (Å²) in [4.78, 5) is 23.7. The molecule has 2 aromatic heterocycles. The Morgan fingerprint density at radius 1 is 1.30 bits per heavy atom. The SMILES string of the molecule is CCNc1nc(NCC(=O)OC)nc(-n2cccn2)n1. The van der Waals surface area contributed by atoms with Crippen LogP contribution in [0.2, 0.25) is 0 Å². The second-order valence-electron chi connectivity index (χ2n) is 3.69. The molecular weight excluding hydrogens is 262 g/mol. The van der Waals surface area contributed by atoms with Crippen molar-refractivity contribution in [3.63, 3.8) is 0 Å². The predicted octanol–water partition coefficient (Wildman–Crippen LogP) is 0.0740. The summed E-state index contributed by atoms with van der Waals surface area (Å²) >= 11 is 0. The number of nitrogens with zero attached hydrogens (tertiary/aromatic N) is 5. The van der Waals surface area contributed by atoms with Crippen LogP contribution in [0.3, 0.4) is 0 Å². The minimum absolute atomic E-state index is 0.0232. The number of ether oxygens (including phenoxy) is 1. The molecule has 0 fully saturated rings. The second-order valence-corrected chi connectivity index (χ2v) is 3.69. The number of anilines is 2. The van der Waals surface area contributed by atoms with E-state index in [2.05, 4.69) is 35.4 Å². The summed E-state index contributed by atoms with van der Waals surface area (Å²) in [6.07, 6.45) is 3.34. The van der Waals surface area contributed by atoms with Gasteiger partial charge in [0.15, 0.2) is 0 Å². The fourth-order valence-electron chi connectivity index (χ4n) is 1.39. The van der Waals surface area contributed by atoms with Crippen LogP contribution in [0, 0.1) is 0 Å². The number of carbonyl (C=O) groups excluding carboxylic acids is 1. The lowest BCUT2D eigenvalue weighted by Gasteiger charge is -2.08. The van der Waals surface area contributed by atoms with Gasteiger partial charge in [-0.15, -0.1) is 0 Å². The van der Waals surface area contributed by atoms with Gasteiger partial charge in [-0.25, -0.2) is 4.68 Å². The third kappa shape index (κ3) is 3.40. The van der Waals surface area contributed by atoms with E-state index in [1.54, 1.807) is 18.5 Å². The molecule has 0 radical (unpaired) electrons. The summed E-state index contributed by atoms with van der Waals surface area (Å²) in [5.41, 5.74) is 0. The van der Waals surface area contributed by atoms with Crippen molar-refractivity contribution >= 4 is 17.9 Å². The van der Waals surface area contributed by atoms with Crippen molar-refractivity contribution < 1.29 is 9.53 Å². The Morgan fingerprint density at radius 2 is 2.05 bits per heavy atom. The fraction of sp³-hybridized carbons (Fsp3) is 0.364. The molecule has 0 aromatic carbocycles. The van der Waals surface area contributed by atoms with E-state index >= 15 is 0 Å². The van der Waals surface area contributed by atoms with Gasteiger partial charge in [-0.05, 0) is 13.0 Å². The maximum atomic E-state index is 11.1. The molecule has 0 bridgehead atoms. The molecule has 2 heterocycles. The zero-order valence-electron chi connectivity index (χ0n) is 11.2. The van der Waals surface area contributed by atoms with Crippen LogP contribution >= 0.6 is 0 Å². The monoisotopic (exact) mass is 277 g/mol. The van der Waals surface area contributed by atoms with Crippen molar-refractivity contribution in [2.24, 2.45) is 0 Å². The molecule has 2 aromatic rings. The average Bonchev–Trinajstić information content (AvgIpc) is 2.99. The first kappa shape index (κ1) is 13.7. The van der Waals surface area contributed by atoms with E-state index in [0.717, 1.165) is 0 Å². The standard InChI is InChI=1S/C11H15N7O2/c1-3-12-9-15-10(13-7-8(19)20-2)17-11(16-9)18-6-4-5-14-18/h4-6H,3,7H2,1-2H3,(H2,12,13,15,16,17). The van der Waals surface area contributed by atoms with Gasteiger partial charge >= 0.3 is 5.97 Å². The Balaban J connectivity index is 2.24. The molecule has 0 saturated carbocycles. The van der Waals surface area contributed by atoms with E-state index in [1.807, 2.05) is 6.92 Å². The van der Waals surface area contributed by atoms with Gasteiger partial charge in [0.25, 0.3) is 5.95 Å². The highest BCUT2D eigenvalue weighted by Gasteiger charge is 2.09. The molecular formula is C11H15N7O2. The number of esters is 1. The van der Waals surface area contributed by atoms with Crippen molar-refractivity contribution in [3.8, 4) is 5.95 Å². The number of hydrogen-bond donors (Lipinski definition) is 2. The largest absolute Gasteiger partial charge is 0.468 e. The molecule has 0 spiro atoms. The quantitative estimate of drug-likeness (QED) is 0.714. The maximum Gasteiger partial charge on any atom is 0.325 e. The van der Waals surface area contributed by atoms with Crippen LogP contribution in [0.4, 0.5) is 11.9 Å². The number of hydrogen-bond acceptors (Lipinski definition) is 8. The topological polar surface area (TPSA) is 107 Å². The second kappa shape index (κ2) is 6.45. The normalized spacial score (nSPS) is 10.1. The summed E-state index contributed by atoms with van der Waals surface area (Å²) in [6.45, 7) is 2.57. The lowest BCUT2D eigenvalue weighted by molar-refractivity contribution is -0.138. The van der Waals surface area contributed by atoms with Gasteiger partial charge in [0.2, 0.25) is 11.9 Å². The van der Waals surface area contributed by atoms with Crippen molar-refractivity contribution in [1.29, 1.82) is 0 Å². The van der Waals surface area contributed by atoms with Gasteiger partial charge in [-0.1, -0.05) is 0 Å². The van der Waals surface area contributed by atoms with Crippen molar-refractivity contribution in [2.45, 2.75) is 6.92 Å². The van der Waals surface area contributed by atoms with Crippen LogP contribution in [0.15, 0.2) is 18.5 Å². The van der Waals surface area contributed by atoms with Crippen LogP contribution in [0.25, 0.3) is 5.95 Å². The molecule has 0 saturated heterocycles. The van der Waals surface area contributed by atoms with Crippen LogP contribution in [0.1, 0.15) is 6.92 Å². The molecule has 0 unspecified atom stereocenters. The number of aromatic nitrogens is 5. The molecule has 0 aliphatic heterocycles. The summed E-state index contributed by atoms with van der Waals surface area (Å²) in [6, 6.07) is 1.76. The lowest BCUT2D eigenvalue weighted by atomic mass is 10.6. The van der Waals surface area contributed by atoms with Gasteiger partial charge in [0.05, 0.1) is 7.11 Å². The number of nitrogens with one attached hydrogen (secondary N) is 2. The van der Waals surface area contributed by atoms with Crippen LogP contribution in [0.5, 0.6) is 0 Å². The molecule has 9 heteroatoms. The predicted molar refractivity (Wildman–Crippen MR) is 71.6 cm³/mol. The third-order valence-corrected chi connectivity index (χ3v) is 2.29. The van der Waals surface area contributed by atoms with Gasteiger partial charge < -0.3 is 15.4 Å². The van der Waals surface area contributed by atoms with Crippen molar-refractivity contribution in [3.05, 3.63) is 18.5 Å². The highest BCUT2D eigenvalue weighted by atomic mass is 16.5. The molecule has 0 atom stereocenters. The van der Waals surface area contributed by atoms with Crippen LogP contribution in [-0.4, -0.2) is 50.9 Å². The highest BCUT2D eigenvalue weighted by Crippen LogP contribution is 2.08. The molecule has 106 valence electrons. The van der Waals surface area contributed by atoms with Crippen LogP contribution in [-0.2, 0) is 9.53 Å². The third-order valence-electron chi connectivity index (χ3n) is 2.29. The molecule has 0 aliphatic rings. The Kier molecular flexibility index (Phi) is 4.43. The van der Waals surface area contributed by atoms with Gasteiger partial charge in [-0.2, -0.15) is 20.1 Å². The average molecular weight is 277 g/mol. The van der Waals surface area contributed by atoms with Gasteiger partial charge in [-0.3, -0.25) is 4.79 Å². The van der Waals surface area contributed by atoms with Gasteiger partial charge in [0, 0.05) is 18.9 Å². The summed E-state index contributed by atoms with van der Waals surface area (Å²) < 4.78 is 6.05. The minimum Gasteiger partial charge on any atom is -0.468 e. The van der Waals surface area contributed by atoms with Crippen molar-refractivity contribution in [1.82, 2.24) is 24.7 Å². The van der Waals surface area contributed by atoms with E-state index in [4.69, 9.17) is 0 Å². The Hall–Kier alpha value is -2.71. The number of methoxy groups -OCH3 is 1. The molecule has 0 aliphatic carbocycles. The molecule has 2 N–H and O–H groups in total. The zero-order valence-corrected chi connectivity index (χ0v) is 11.2. The Morgan fingerprint density at radius 3 is 2.65 bits per heavy atom. The Labute approximate surface area is 115 Å². The maximum absolute atomic E-state index is 11.1. The minimum atomic E-state index is -0.406. The smallest absolute Gasteiger partial charge is 0.325 e. The Bertz CT molecular complexity index is 570.